The minimum atomic E-state index is -0.103. The molecule has 0 spiro atoms. The Morgan fingerprint density at radius 2 is 2.33 bits per heavy atom. The lowest BCUT2D eigenvalue weighted by Crippen LogP contribution is -2.24. The van der Waals surface area contributed by atoms with E-state index < -0.39 is 0 Å². The molecule has 2 rings (SSSR count). The smallest absolute Gasteiger partial charge is 0.268 e. The molecule has 18 heavy (non-hydrogen) atoms. The highest BCUT2D eigenvalue weighted by Crippen LogP contribution is 2.20. The van der Waals surface area contributed by atoms with Gasteiger partial charge in [0.05, 0.1) is 11.6 Å². The molecule has 1 N–H and O–H groups in total. The molecule has 0 unspecified atom stereocenters. The second-order valence-corrected chi connectivity index (χ2v) is 6.09. The fraction of sp³-hybridized carbons (Fsp3) is 0.250. The number of carbonyl (C=O) groups excluding carboxylic acids is 1. The predicted molar refractivity (Wildman–Crippen MR) is 78.3 cm³/mol. The van der Waals surface area contributed by atoms with Gasteiger partial charge in [0.25, 0.3) is 5.91 Å². The van der Waals surface area contributed by atoms with Crippen molar-refractivity contribution in [2.24, 2.45) is 0 Å². The molecule has 6 heteroatoms. The van der Waals surface area contributed by atoms with Crippen molar-refractivity contribution >= 4 is 44.8 Å². The van der Waals surface area contributed by atoms with E-state index in [9.17, 15) is 4.79 Å². The van der Waals surface area contributed by atoms with Crippen LogP contribution in [-0.2, 0) is 13.1 Å². The van der Waals surface area contributed by atoms with Gasteiger partial charge < -0.3 is 9.88 Å². The summed E-state index contributed by atoms with van der Waals surface area (Å²) in [5.74, 6) is -0.103. The van der Waals surface area contributed by atoms with Crippen LogP contribution in [0.1, 0.15) is 22.3 Å². The van der Waals surface area contributed by atoms with E-state index in [0.29, 0.717) is 17.3 Å². The number of aryl methyl sites for hydroxylation is 1. The molecule has 0 aliphatic heterocycles. The first-order chi connectivity index (χ1) is 8.60. The maximum atomic E-state index is 12.0. The molecule has 1 amide bonds. The molecule has 0 radical (unpaired) electrons. The number of rotatable bonds is 4. The number of halogens is 2. The number of nitrogens with one attached hydrogen (secondary N) is 1. The van der Waals surface area contributed by atoms with Crippen LogP contribution in [0.3, 0.4) is 0 Å². The van der Waals surface area contributed by atoms with Gasteiger partial charge in [-0.05, 0) is 35.0 Å². The van der Waals surface area contributed by atoms with E-state index in [-0.39, 0.29) is 5.91 Å². The number of nitrogens with zero attached hydrogens (tertiary/aromatic N) is 1. The van der Waals surface area contributed by atoms with Gasteiger partial charge in [-0.15, -0.1) is 11.3 Å². The fourth-order valence-corrected chi connectivity index (χ4v) is 3.24. The number of hydrogen-bond donors (Lipinski definition) is 1. The molecule has 0 bridgehead atoms. The summed E-state index contributed by atoms with van der Waals surface area (Å²) < 4.78 is 2.87. The van der Waals surface area contributed by atoms with Gasteiger partial charge in [0.2, 0.25) is 0 Å². The molecule has 0 aliphatic carbocycles. The number of thiophene rings is 1. The molecule has 2 aromatic rings. The zero-order chi connectivity index (χ0) is 13.1. The Hall–Kier alpha value is -0.780. The van der Waals surface area contributed by atoms with Crippen LogP contribution < -0.4 is 5.32 Å². The van der Waals surface area contributed by atoms with Gasteiger partial charge in [-0.2, -0.15) is 0 Å². The average molecular weight is 348 g/mol. The van der Waals surface area contributed by atoms with Crippen molar-refractivity contribution in [3.05, 3.63) is 43.8 Å². The molecule has 0 atom stereocenters. The van der Waals surface area contributed by atoms with Crippen LogP contribution in [0.4, 0.5) is 0 Å². The first-order valence-electron chi connectivity index (χ1n) is 5.47. The minimum absolute atomic E-state index is 0.103. The summed E-state index contributed by atoms with van der Waals surface area (Å²) in [5.41, 5.74) is 0.595. The number of hydrogen-bond acceptors (Lipinski definition) is 2. The van der Waals surface area contributed by atoms with Crippen molar-refractivity contribution in [3.8, 4) is 0 Å². The maximum absolute atomic E-state index is 12.0. The summed E-state index contributed by atoms with van der Waals surface area (Å²) in [6.45, 7) is 3.23. The van der Waals surface area contributed by atoms with Crippen LogP contribution in [0, 0.1) is 0 Å². The van der Waals surface area contributed by atoms with Crippen LogP contribution in [0.15, 0.2) is 28.2 Å². The molecule has 0 aromatic carbocycles. The van der Waals surface area contributed by atoms with Crippen LogP contribution in [0.2, 0.25) is 5.02 Å². The zero-order valence-electron chi connectivity index (χ0n) is 9.74. The highest BCUT2D eigenvalue weighted by atomic mass is 79.9. The van der Waals surface area contributed by atoms with Gasteiger partial charge in [0.1, 0.15) is 5.69 Å². The molecule has 96 valence electrons. The molecular weight excluding hydrogens is 336 g/mol. The highest BCUT2D eigenvalue weighted by molar-refractivity contribution is 9.10. The van der Waals surface area contributed by atoms with Gasteiger partial charge in [0.15, 0.2) is 0 Å². The van der Waals surface area contributed by atoms with Crippen molar-refractivity contribution in [2.75, 3.05) is 0 Å². The van der Waals surface area contributed by atoms with E-state index in [2.05, 4.69) is 21.2 Å². The van der Waals surface area contributed by atoms with Crippen molar-refractivity contribution < 1.29 is 4.79 Å². The number of amides is 1. The summed E-state index contributed by atoms with van der Waals surface area (Å²) in [4.78, 5) is 13.1. The van der Waals surface area contributed by atoms with E-state index in [1.807, 2.05) is 22.9 Å². The summed E-state index contributed by atoms with van der Waals surface area (Å²) in [6, 6.07) is 3.68. The second-order valence-electron chi connectivity index (χ2n) is 3.74. The first kappa shape index (κ1) is 13.6. The van der Waals surface area contributed by atoms with Gasteiger partial charge in [-0.3, -0.25) is 4.79 Å². The van der Waals surface area contributed by atoms with Crippen LogP contribution in [0.5, 0.6) is 0 Å². The Labute approximate surface area is 123 Å². The SMILES string of the molecule is CCn1cc(Cl)cc1C(=O)NCc1cc(Br)cs1. The summed E-state index contributed by atoms with van der Waals surface area (Å²) in [6.07, 6.45) is 1.76. The van der Waals surface area contributed by atoms with E-state index >= 15 is 0 Å². The molecule has 0 saturated carbocycles. The van der Waals surface area contributed by atoms with Crippen molar-refractivity contribution in [3.63, 3.8) is 0 Å². The molecular formula is C12H12BrClN2OS. The first-order valence-corrected chi connectivity index (χ1v) is 7.52. The van der Waals surface area contributed by atoms with E-state index in [4.69, 9.17) is 11.6 Å². The topological polar surface area (TPSA) is 34.0 Å². The van der Waals surface area contributed by atoms with E-state index in [0.717, 1.165) is 15.9 Å². The Bertz CT molecular complexity index is 564. The lowest BCUT2D eigenvalue weighted by Gasteiger charge is -2.06. The highest BCUT2D eigenvalue weighted by Gasteiger charge is 2.12. The molecule has 0 aliphatic rings. The van der Waals surface area contributed by atoms with Gasteiger partial charge >= 0.3 is 0 Å². The van der Waals surface area contributed by atoms with E-state index in [1.54, 1.807) is 23.6 Å². The summed E-state index contributed by atoms with van der Waals surface area (Å²) in [7, 11) is 0. The van der Waals surface area contributed by atoms with Crippen molar-refractivity contribution in [1.29, 1.82) is 0 Å². The molecule has 2 aromatic heterocycles. The monoisotopic (exact) mass is 346 g/mol. The number of carbonyl (C=O) groups is 1. The third-order valence-corrected chi connectivity index (χ3v) is 4.39. The maximum Gasteiger partial charge on any atom is 0.268 e. The Balaban J connectivity index is 2.03. The average Bonchev–Trinajstić information content (AvgIpc) is 2.92. The normalized spacial score (nSPS) is 10.6. The van der Waals surface area contributed by atoms with Gasteiger partial charge in [-0.1, -0.05) is 11.6 Å². The Morgan fingerprint density at radius 1 is 1.56 bits per heavy atom. The van der Waals surface area contributed by atoms with Gasteiger partial charge in [0, 0.05) is 27.5 Å². The minimum Gasteiger partial charge on any atom is -0.346 e. The third-order valence-electron chi connectivity index (χ3n) is 2.48. The molecule has 0 saturated heterocycles. The van der Waals surface area contributed by atoms with Crippen molar-refractivity contribution in [1.82, 2.24) is 9.88 Å². The lowest BCUT2D eigenvalue weighted by atomic mass is 10.3. The zero-order valence-corrected chi connectivity index (χ0v) is 12.9. The van der Waals surface area contributed by atoms with Crippen LogP contribution in [-0.4, -0.2) is 10.5 Å². The Morgan fingerprint density at radius 3 is 2.94 bits per heavy atom. The fourth-order valence-electron chi connectivity index (χ4n) is 1.63. The number of aromatic nitrogens is 1. The van der Waals surface area contributed by atoms with Crippen LogP contribution >= 0.6 is 38.9 Å². The standard InChI is InChI=1S/C12H12BrClN2OS/c1-2-16-6-9(14)4-11(16)12(17)15-5-10-3-8(13)7-18-10/h3-4,6-7H,2,5H2,1H3,(H,15,17). The van der Waals surface area contributed by atoms with Gasteiger partial charge in [-0.25, -0.2) is 0 Å². The third kappa shape index (κ3) is 3.16. The summed E-state index contributed by atoms with van der Waals surface area (Å²) >= 11 is 10.9. The lowest BCUT2D eigenvalue weighted by molar-refractivity contribution is 0.0942. The second kappa shape index (κ2) is 5.91. The largest absolute Gasteiger partial charge is 0.346 e. The van der Waals surface area contributed by atoms with Crippen molar-refractivity contribution in [2.45, 2.75) is 20.0 Å². The van der Waals surface area contributed by atoms with Crippen LogP contribution in [0.25, 0.3) is 0 Å². The van der Waals surface area contributed by atoms with E-state index in [1.165, 1.54) is 0 Å². The predicted octanol–water partition coefficient (Wildman–Crippen LogP) is 3.92. The molecule has 3 nitrogen and oxygen atoms in total. The molecule has 0 fully saturated rings. The summed E-state index contributed by atoms with van der Waals surface area (Å²) in [5, 5.41) is 5.47. The quantitative estimate of drug-likeness (QED) is 0.894. The Kier molecular flexibility index (Phi) is 4.48. The molecule has 2 heterocycles.